The van der Waals surface area contributed by atoms with Gasteiger partial charge in [0.1, 0.15) is 27.0 Å². The third-order valence-electron chi connectivity index (χ3n) is 5.50. The van der Waals surface area contributed by atoms with Gasteiger partial charge in [-0.15, -0.1) is 0 Å². The summed E-state index contributed by atoms with van der Waals surface area (Å²) in [6, 6.07) is 14.0. The molecule has 0 radical (unpaired) electrons. The van der Waals surface area contributed by atoms with Crippen molar-refractivity contribution in [2.45, 2.75) is 12.8 Å². The molecule has 2 aromatic carbocycles. The molecular formula is C24H17FIN5O3. The molecule has 0 spiro atoms. The van der Waals surface area contributed by atoms with Gasteiger partial charge in [-0.3, -0.25) is 9.59 Å². The van der Waals surface area contributed by atoms with Crippen molar-refractivity contribution in [2.75, 3.05) is 10.6 Å². The van der Waals surface area contributed by atoms with Gasteiger partial charge in [0.05, 0.1) is 10.9 Å². The monoisotopic (exact) mass is 569 g/mol. The average Bonchev–Trinajstić information content (AvgIpc) is 3.64. The second kappa shape index (κ2) is 8.93. The lowest BCUT2D eigenvalue weighted by Gasteiger charge is -2.16. The van der Waals surface area contributed by atoms with E-state index in [2.05, 4.69) is 48.2 Å². The summed E-state index contributed by atoms with van der Waals surface area (Å²) in [7, 11) is 0. The number of rotatable bonds is 6. The largest absolute Gasteiger partial charge is 0.438 e. The Morgan fingerprint density at radius 2 is 1.53 bits per heavy atom. The van der Waals surface area contributed by atoms with Gasteiger partial charge in [0.15, 0.2) is 0 Å². The molecule has 0 unspecified atom stereocenters. The fourth-order valence-corrected chi connectivity index (χ4v) is 3.86. The number of anilines is 2. The Labute approximate surface area is 207 Å². The van der Waals surface area contributed by atoms with Crippen LogP contribution in [-0.2, 0) is 9.59 Å². The summed E-state index contributed by atoms with van der Waals surface area (Å²) in [5, 5.41) is 6.17. The van der Waals surface area contributed by atoms with Gasteiger partial charge < -0.3 is 15.4 Å². The van der Waals surface area contributed by atoms with Gasteiger partial charge in [0, 0.05) is 17.6 Å². The van der Waals surface area contributed by atoms with Crippen LogP contribution < -0.4 is 15.4 Å². The lowest BCUT2D eigenvalue weighted by atomic mass is 10.0. The first kappa shape index (κ1) is 22.1. The number of fused-ring (bicyclic) bond motifs is 1. The molecule has 0 atom stereocenters. The van der Waals surface area contributed by atoms with E-state index >= 15 is 0 Å². The van der Waals surface area contributed by atoms with Crippen LogP contribution in [0.4, 0.5) is 15.8 Å². The summed E-state index contributed by atoms with van der Waals surface area (Å²) in [4.78, 5) is 38.2. The van der Waals surface area contributed by atoms with E-state index in [1.807, 2.05) is 6.07 Å². The van der Waals surface area contributed by atoms with Gasteiger partial charge >= 0.3 is 0 Å². The number of benzene rings is 2. The molecule has 5 rings (SSSR count). The molecule has 0 saturated heterocycles. The van der Waals surface area contributed by atoms with Crippen LogP contribution in [0, 0.1) is 14.9 Å². The Morgan fingerprint density at radius 1 is 0.912 bits per heavy atom. The fraction of sp³-hybridized carbons (Fsp3) is 0.125. The smallest absolute Gasteiger partial charge is 0.240 e. The summed E-state index contributed by atoms with van der Waals surface area (Å²) in [6.45, 7) is 0. The van der Waals surface area contributed by atoms with Crippen molar-refractivity contribution in [3.8, 4) is 11.6 Å². The quantitative estimate of drug-likeness (QED) is 0.194. The van der Waals surface area contributed by atoms with E-state index in [0.29, 0.717) is 41.2 Å². The van der Waals surface area contributed by atoms with Crippen LogP contribution in [-0.4, -0.2) is 26.8 Å². The topological polar surface area (TPSA) is 106 Å². The Balaban J connectivity index is 1.25. The van der Waals surface area contributed by atoms with Crippen molar-refractivity contribution in [3.05, 3.63) is 76.6 Å². The number of hydrogen-bond acceptors (Lipinski definition) is 6. The predicted octanol–water partition coefficient (Wildman–Crippen LogP) is 4.92. The standard InChI is InChI=1S/C24H17FIN5O3/c25-14-1-3-15(4-2-14)30-22(32)24(9-10-24)23(33)31-16-5-7-17(8-6-16)34-21-18-12-27-20(26)11-19(18)28-13-29-21/h1-8,11-13H,9-10H2,(H,30,32)(H,31,33). The molecule has 1 fully saturated rings. The molecule has 0 bridgehead atoms. The summed E-state index contributed by atoms with van der Waals surface area (Å²) in [5.74, 6) is -0.297. The highest BCUT2D eigenvalue weighted by Gasteiger charge is 2.56. The number of nitrogens with zero attached hydrogens (tertiary/aromatic N) is 3. The molecule has 8 nitrogen and oxygen atoms in total. The van der Waals surface area contributed by atoms with Gasteiger partial charge in [-0.05, 0) is 90.0 Å². The van der Waals surface area contributed by atoms with Crippen molar-refractivity contribution < 1.29 is 18.7 Å². The lowest BCUT2D eigenvalue weighted by Crippen LogP contribution is -2.35. The molecule has 170 valence electrons. The predicted molar refractivity (Wildman–Crippen MR) is 132 cm³/mol. The van der Waals surface area contributed by atoms with E-state index in [9.17, 15) is 14.0 Å². The molecule has 0 aliphatic heterocycles. The minimum atomic E-state index is -1.13. The van der Waals surface area contributed by atoms with E-state index in [-0.39, 0.29) is 5.91 Å². The Hall–Kier alpha value is -3.67. The van der Waals surface area contributed by atoms with Crippen molar-refractivity contribution in [1.82, 2.24) is 15.0 Å². The number of nitrogens with one attached hydrogen (secondary N) is 2. The SMILES string of the molecule is O=C(Nc1ccc(F)cc1)C1(C(=O)Nc2ccc(Oc3ncnc4cc(I)ncc34)cc2)CC1. The number of amides is 2. The highest BCUT2D eigenvalue weighted by Crippen LogP contribution is 2.47. The molecule has 34 heavy (non-hydrogen) atoms. The van der Waals surface area contributed by atoms with Crippen LogP contribution in [0.2, 0.25) is 0 Å². The maximum absolute atomic E-state index is 13.1. The third-order valence-corrected chi connectivity index (χ3v) is 6.09. The zero-order valence-corrected chi connectivity index (χ0v) is 19.7. The van der Waals surface area contributed by atoms with Crippen molar-refractivity contribution in [1.29, 1.82) is 0 Å². The Bertz CT molecular complexity index is 1390. The number of pyridine rings is 1. The molecule has 10 heteroatoms. The second-order valence-electron chi connectivity index (χ2n) is 7.83. The van der Waals surface area contributed by atoms with Crippen LogP contribution >= 0.6 is 22.6 Å². The molecular weight excluding hydrogens is 552 g/mol. The van der Waals surface area contributed by atoms with E-state index in [0.717, 1.165) is 9.22 Å². The first-order chi connectivity index (χ1) is 16.4. The molecule has 2 amide bonds. The van der Waals surface area contributed by atoms with Gasteiger partial charge in [-0.2, -0.15) is 0 Å². The van der Waals surface area contributed by atoms with Crippen molar-refractivity contribution >= 4 is 56.7 Å². The molecule has 2 aromatic heterocycles. The molecule has 2 N–H and O–H groups in total. The summed E-state index contributed by atoms with van der Waals surface area (Å²) in [6.07, 6.45) is 3.98. The van der Waals surface area contributed by atoms with Gasteiger partial charge in [-0.25, -0.2) is 19.3 Å². The van der Waals surface area contributed by atoms with Gasteiger partial charge in [-0.1, -0.05) is 0 Å². The third kappa shape index (κ3) is 4.53. The molecule has 4 aromatic rings. The van der Waals surface area contributed by atoms with Crippen LogP contribution in [0.1, 0.15) is 12.8 Å². The van der Waals surface area contributed by atoms with Crippen LogP contribution in [0.15, 0.2) is 67.1 Å². The van der Waals surface area contributed by atoms with E-state index in [1.165, 1.54) is 30.6 Å². The van der Waals surface area contributed by atoms with Crippen LogP contribution in [0.25, 0.3) is 10.9 Å². The molecule has 1 aliphatic rings. The van der Waals surface area contributed by atoms with E-state index in [4.69, 9.17) is 4.74 Å². The summed E-state index contributed by atoms with van der Waals surface area (Å²) < 4.78 is 19.8. The average molecular weight is 569 g/mol. The normalized spacial score (nSPS) is 13.8. The number of hydrogen-bond donors (Lipinski definition) is 2. The highest BCUT2D eigenvalue weighted by atomic mass is 127. The number of halogens is 2. The van der Waals surface area contributed by atoms with Crippen LogP contribution in [0.5, 0.6) is 11.6 Å². The number of aromatic nitrogens is 3. The zero-order chi connectivity index (χ0) is 23.7. The number of ether oxygens (including phenoxy) is 1. The van der Waals surface area contributed by atoms with Gasteiger partial charge in [0.25, 0.3) is 0 Å². The Kier molecular flexibility index (Phi) is 5.82. The fourth-order valence-electron chi connectivity index (χ4n) is 3.42. The zero-order valence-electron chi connectivity index (χ0n) is 17.6. The van der Waals surface area contributed by atoms with E-state index < -0.39 is 17.1 Å². The van der Waals surface area contributed by atoms with Crippen LogP contribution in [0.3, 0.4) is 0 Å². The summed E-state index contributed by atoms with van der Waals surface area (Å²) >= 11 is 2.11. The van der Waals surface area contributed by atoms with Crippen molar-refractivity contribution in [3.63, 3.8) is 0 Å². The minimum Gasteiger partial charge on any atom is -0.438 e. The minimum absolute atomic E-state index is 0.375. The maximum Gasteiger partial charge on any atom is 0.240 e. The number of carbonyl (C=O) groups excluding carboxylic acids is 2. The first-order valence-electron chi connectivity index (χ1n) is 10.4. The second-order valence-corrected chi connectivity index (χ2v) is 8.93. The molecule has 1 saturated carbocycles. The first-order valence-corrected chi connectivity index (χ1v) is 11.4. The highest BCUT2D eigenvalue weighted by molar-refractivity contribution is 14.1. The Morgan fingerprint density at radius 3 is 2.15 bits per heavy atom. The maximum atomic E-state index is 13.1. The van der Waals surface area contributed by atoms with E-state index in [1.54, 1.807) is 30.5 Å². The lowest BCUT2D eigenvalue weighted by molar-refractivity contribution is -0.131. The van der Waals surface area contributed by atoms with Gasteiger partial charge in [0.2, 0.25) is 17.7 Å². The summed E-state index contributed by atoms with van der Waals surface area (Å²) in [5.41, 5.74) is 0.562. The number of carbonyl (C=O) groups is 2. The molecule has 1 aliphatic carbocycles. The van der Waals surface area contributed by atoms with Crippen molar-refractivity contribution in [2.24, 2.45) is 5.41 Å². The molecule has 2 heterocycles.